The lowest BCUT2D eigenvalue weighted by Gasteiger charge is -2.17. The van der Waals surface area contributed by atoms with Crippen LogP contribution >= 0.6 is 0 Å². The van der Waals surface area contributed by atoms with Crippen molar-refractivity contribution in [2.24, 2.45) is 11.7 Å². The van der Waals surface area contributed by atoms with Crippen molar-refractivity contribution in [3.8, 4) is 22.8 Å². The number of pyridine rings is 1. The Balaban J connectivity index is 1.22. The number of hydrogen-bond donors (Lipinski definition) is 3. The summed E-state index contributed by atoms with van der Waals surface area (Å²) in [4.78, 5) is 31.1. The number of aromatic nitrogens is 1. The van der Waals surface area contributed by atoms with Crippen LogP contribution in [0.15, 0.2) is 54.6 Å². The van der Waals surface area contributed by atoms with Crippen LogP contribution in [0.25, 0.3) is 11.3 Å². The predicted octanol–water partition coefficient (Wildman–Crippen LogP) is 5.56. The van der Waals surface area contributed by atoms with E-state index in [-0.39, 0.29) is 29.4 Å². The summed E-state index contributed by atoms with van der Waals surface area (Å²) in [5, 5.41) is 5.87. The van der Waals surface area contributed by atoms with E-state index in [0.717, 1.165) is 24.0 Å². The van der Waals surface area contributed by atoms with Crippen molar-refractivity contribution in [1.82, 2.24) is 10.3 Å². The molecule has 1 saturated carbocycles. The van der Waals surface area contributed by atoms with Crippen molar-refractivity contribution in [2.45, 2.75) is 64.2 Å². The SMILES string of the molecule is Cc1ccc(NC(=O)C2(c3ccc4c(c3)OC(F)(F)O4)CC2)nc1-c1cccc(C(=O)NC(C)COCCC[C@@H](C)CN)c1. The fourth-order valence-corrected chi connectivity index (χ4v) is 5.21. The molecule has 44 heavy (non-hydrogen) atoms. The summed E-state index contributed by atoms with van der Waals surface area (Å²) in [6.07, 6.45) is -0.680. The van der Waals surface area contributed by atoms with Crippen molar-refractivity contribution >= 4 is 17.6 Å². The summed E-state index contributed by atoms with van der Waals surface area (Å²) < 4.78 is 41.8. The van der Waals surface area contributed by atoms with E-state index in [4.69, 9.17) is 15.5 Å². The van der Waals surface area contributed by atoms with Gasteiger partial charge in [0.2, 0.25) is 5.91 Å². The zero-order valence-electron chi connectivity index (χ0n) is 25.1. The molecule has 1 aliphatic carbocycles. The predicted molar refractivity (Wildman–Crippen MR) is 162 cm³/mol. The first-order valence-electron chi connectivity index (χ1n) is 14.9. The summed E-state index contributed by atoms with van der Waals surface area (Å²) in [5.74, 6) is 0.136. The number of amides is 2. The fraction of sp³-hybridized carbons (Fsp3) is 0.424. The normalized spacial score (nSPS) is 17.0. The minimum atomic E-state index is -3.73. The van der Waals surface area contributed by atoms with Crippen LogP contribution in [0.1, 0.15) is 61.0 Å². The molecule has 234 valence electrons. The summed E-state index contributed by atoms with van der Waals surface area (Å²) in [6.45, 7) is 7.60. The highest BCUT2D eigenvalue weighted by atomic mass is 19.3. The van der Waals surface area contributed by atoms with Gasteiger partial charge in [-0.1, -0.05) is 31.2 Å². The molecular weight excluding hydrogens is 570 g/mol. The number of carbonyl (C=O) groups is 2. The van der Waals surface area contributed by atoms with E-state index in [1.54, 1.807) is 30.3 Å². The van der Waals surface area contributed by atoms with Gasteiger partial charge in [-0.3, -0.25) is 9.59 Å². The number of aryl methyl sites for hydroxylation is 1. The molecule has 1 unspecified atom stereocenters. The highest BCUT2D eigenvalue weighted by Gasteiger charge is 2.53. The number of alkyl halides is 2. The smallest absolute Gasteiger partial charge is 0.395 e. The Morgan fingerprint density at radius 3 is 2.59 bits per heavy atom. The van der Waals surface area contributed by atoms with Crippen LogP contribution in [0.3, 0.4) is 0 Å². The van der Waals surface area contributed by atoms with E-state index < -0.39 is 11.7 Å². The number of nitrogens with one attached hydrogen (secondary N) is 2. The first-order valence-corrected chi connectivity index (χ1v) is 14.9. The van der Waals surface area contributed by atoms with Crippen LogP contribution in [0.2, 0.25) is 0 Å². The quantitative estimate of drug-likeness (QED) is 0.217. The lowest BCUT2D eigenvalue weighted by Crippen LogP contribution is -2.36. The molecule has 4 N–H and O–H groups in total. The lowest BCUT2D eigenvalue weighted by atomic mass is 9.94. The average molecular weight is 609 g/mol. The molecule has 0 saturated heterocycles. The average Bonchev–Trinajstić information content (AvgIpc) is 3.74. The molecule has 1 aliphatic heterocycles. The van der Waals surface area contributed by atoms with Crippen molar-refractivity contribution in [1.29, 1.82) is 0 Å². The summed E-state index contributed by atoms with van der Waals surface area (Å²) in [6, 6.07) is 15.0. The van der Waals surface area contributed by atoms with Crippen molar-refractivity contribution in [3.63, 3.8) is 0 Å². The van der Waals surface area contributed by atoms with E-state index in [1.807, 2.05) is 26.0 Å². The number of halogens is 2. The van der Waals surface area contributed by atoms with E-state index in [1.165, 1.54) is 12.1 Å². The van der Waals surface area contributed by atoms with Crippen LogP contribution in [-0.2, 0) is 14.9 Å². The van der Waals surface area contributed by atoms with Gasteiger partial charge in [-0.05, 0) is 93.5 Å². The minimum Gasteiger partial charge on any atom is -0.395 e. The molecule has 0 radical (unpaired) electrons. The van der Waals surface area contributed by atoms with Crippen LogP contribution in [-0.4, -0.2) is 48.9 Å². The topological polar surface area (TPSA) is 125 Å². The number of benzene rings is 2. The van der Waals surface area contributed by atoms with E-state index >= 15 is 0 Å². The zero-order valence-corrected chi connectivity index (χ0v) is 25.1. The van der Waals surface area contributed by atoms with Gasteiger partial charge in [0.15, 0.2) is 11.5 Å². The monoisotopic (exact) mass is 608 g/mol. The van der Waals surface area contributed by atoms with Gasteiger partial charge in [-0.15, -0.1) is 8.78 Å². The largest absolute Gasteiger partial charge is 0.586 e. The summed E-state index contributed by atoms with van der Waals surface area (Å²) in [5.41, 5.74) is 8.04. The van der Waals surface area contributed by atoms with Gasteiger partial charge in [-0.25, -0.2) is 4.98 Å². The van der Waals surface area contributed by atoms with E-state index in [2.05, 4.69) is 27.0 Å². The number of anilines is 1. The Hall–Kier alpha value is -4.09. The Kier molecular flexibility index (Phi) is 9.17. The molecule has 9 nitrogen and oxygen atoms in total. The number of carbonyl (C=O) groups excluding carboxylic acids is 2. The Labute approximate surface area is 255 Å². The summed E-state index contributed by atoms with van der Waals surface area (Å²) in [7, 11) is 0. The highest BCUT2D eigenvalue weighted by Crippen LogP contribution is 2.52. The van der Waals surface area contributed by atoms with Crippen molar-refractivity contribution in [3.05, 3.63) is 71.3 Å². The Morgan fingerprint density at radius 2 is 1.84 bits per heavy atom. The van der Waals surface area contributed by atoms with Gasteiger partial charge >= 0.3 is 6.29 Å². The molecule has 2 aliphatic rings. The maximum Gasteiger partial charge on any atom is 0.586 e. The third-order valence-electron chi connectivity index (χ3n) is 8.01. The number of nitrogens with two attached hydrogens (primary N) is 1. The lowest BCUT2D eigenvalue weighted by molar-refractivity contribution is -0.286. The zero-order chi connectivity index (χ0) is 31.5. The second-order valence-electron chi connectivity index (χ2n) is 11.7. The molecule has 2 heterocycles. The fourth-order valence-electron chi connectivity index (χ4n) is 5.21. The second-order valence-corrected chi connectivity index (χ2v) is 11.7. The van der Waals surface area contributed by atoms with Crippen molar-refractivity contribution < 1.29 is 32.6 Å². The van der Waals surface area contributed by atoms with E-state index in [0.29, 0.717) is 61.2 Å². The molecule has 0 bridgehead atoms. The third kappa shape index (κ3) is 7.16. The summed E-state index contributed by atoms with van der Waals surface area (Å²) >= 11 is 0. The number of hydrogen-bond acceptors (Lipinski definition) is 7. The van der Waals surface area contributed by atoms with E-state index in [9.17, 15) is 18.4 Å². The molecule has 1 fully saturated rings. The van der Waals surface area contributed by atoms with Gasteiger partial charge in [-0.2, -0.15) is 0 Å². The molecule has 2 aromatic carbocycles. The first-order chi connectivity index (χ1) is 21.0. The second kappa shape index (κ2) is 12.9. The Morgan fingerprint density at radius 1 is 1.07 bits per heavy atom. The molecule has 2 amide bonds. The van der Waals surface area contributed by atoms with Crippen LogP contribution in [0, 0.1) is 12.8 Å². The molecule has 5 rings (SSSR count). The Bertz CT molecular complexity index is 1530. The van der Waals surface area contributed by atoms with Gasteiger partial charge in [0, 0.05) is 23.8 Å². The maximum atomic E-state index is 13.5. The standard InChI is InChI=1S/C33H38F2N4O5/c1-20(18-36)6-5-15-42-19-22(3)37-30(40)24-8-4-7-23(16-24)29-21(2)9-12-28(38-29)39-31(41)32(13-14-32)25-10-11-26-27(17-25)44-33(34,35)43-26/h4,7-12,16-17,20,22H,5-6,13-15,18-19,36H2,1-3H3,(H,37,40)(H,38,39,41)/t20-,22?/m1/s1. The molecule has 3 aromatic rings. The maximum absolute atomic E-state index is 13.5. The number of fused-ring (bicyclic) bond motifs is 1. The van der Waals surface area contributed by atoms with Crippen LogP contribution in [0.5, 0.6) is 11.5 Å². The molecule has 1 aromatic heterocycles. The highest BCUT2D eigenvalue weighted by molar-refractivity contribution is 6.01. The van der Waals surface area contributed by atoms with Gasteiger partial charge in [0.1, 0.15) is 5.82 Å². The molecular formula is C33H38F2N4O5. The number of nitrogens with zero attached hydrogens (tertiary/aromatic N) is 1. The van der Waals surface area contributed by atoms with Gasteiger partial charge < -0.3 is 30.6 Å². The number of rotatable bonds is 13. The van der Waals surface area contributed by atoms with Gasteiger partial charge in [0.25, 0.3) is 5.91 Å². The number of ether oxygens (including phenoxy) is 3. The third-order valence-corrected chi connectivity index (χ3v) is 8.01. The molecule has 0 spiro atoms. The van der Waals surface area contributed by atoms with Crippen LogP contribution in [0.4, 0.5) is 14.6 Å². The van der Waals surface area contributed by atoms with Crippen molar-refractivity contribution in [2.75, 3.05) is 25.1 Å². The first kappa shape index (κ1) is 31.3. The van der Waals surface area contributed by atoms with Gasteiger partial charge in [0.05, 0.1) is 17.7 Å². The molecule has 11 heteroatoms. The molecule has 2 atom stereocenters. The minimum absolute atomic E-state index is 0.0674. The van der Waals surface area contributed by atoms with Crippen LogP contribution < -0.4 is 25.8 Å².